The minimum Gasteiger partial charge on any atom is -0.497 e. The minimum atomic E-state index is -4.60. The van der Waals surface area contributed by atoms with Crippen molar-refractivity contribution >= 4 is 17.4 Å². The molecule has 2 heterocycles. The number of amidine groups is 1. The van der Waals surface area contributed by atoms with Crippen LogP contribution < -0.4 is 9.47 Å². The second-order valence-corrected chi connectivity index (χ2v) is 8.19. The number of fused-ring (bicyclic) bond motifs is 2. The number of carbonyl (C=O) groups excluding carboxylic acids is 1. The highest BCUT2D eigenvalue weighted by Crippen LogP contribution is 2.39. The standard InChI is InChI=1S/C26H22F3N3O3/c1-34-17-10-11-19-23(16-17)35-22-9-5-4-8-21(22)30-24(19)31-12-14-32(15-13-31)25(33)18-6-2-3-7-20(18)26(27,28)29/h2-11,16H,12-15H2,1H3. The lowest BCUT2D eigenvalue weighted by Crippen LogP contribution is -2.51. The average molecular weight is 481 g/mol. The highest BCUT2D eigenvalue weighted by molar-refractivity contribution is 6.04. The lowest BCUT2D eigenvalue weighted by atomic mass is 10.1. The number of ether oxygens (including phenoxy) is 2. The van der Waals surface area contributed by atoms with Crippen LogP contribution in [0.3, 0.4) is 0 Å². The highest BCUT2D eigenvalue weighted by atomic mass is 19.4. The molecular formula is C26H22F3N3O3. The first-order valence-corrected chi connectivity index (χ1v) is 11.1. The van der Waals surface area contributed by atoms with Crippen molar-refractivity contribution in [3.63, 3.8) is 0 Å². The molecule has 0 aromatic heterocycles. The van der Waals surface area contributed by atoms with Crippen molar-refractivity contribution in [2.75, 3.05) is 33.3 Å². The van der Waals surface area contributed by atoms with Crippen molar-refractivity contribution in [3.05, 3.63) is 83.4 Å². The zero-order chi connectivity index (χ0) is 24.6. The van der Waals surface area contributed by atoms with Gasteiger partial charge in [-0.1, -0.05) is 24.3 Å². The number of benzene rings is 3. The number of methoxy groups -OCH3 is 1. The molecule has 35 heavy (non-hydrogen) atoms. The van der Waals surface area contributed by atoms with E-state index >= 15 is 0 Å². The Morgan fingerprint density at radius 3 is 2.40 bits per heavy atom. The fourth-order valence-corrected chi connectivity index (χ4v) is 4.28. The van der Waals surface area contributed by atoms with Crippen LogP contribution in [0.15, 0.2) is 71.7 Å². The van der Waals surface area contributed by atoms with Crippen molar-refractivity contribution in [2.45, 2.75) is 6.18 Å². The zero-order valence-corrected chi connectivity index (χ0v) is 18.9. The molecule has 6 nitrogen and oxygen atoms in total. The number of hydrogen-bond donors (Lipinski definition) is 0. The second-order valence-electron chi connectivity index (χ2n) is 8.19. The molecule has 3 aromatic rings. The third-order valence-corrected chi connectivity index (χ3v) is 6.07. The minimum absolute atomic E-state index is 0.262. The van der Waals surface area contributed by atoms with Crippen molar-refractivity contribution in [1.82, 2.24) is 9.80 Å². The number of amides is 1. The van der Waals surface area contributed by atoms with Gasteiger partial charge in [0.25, 0.3) is 5.91 Å². The lowest BCUT2D eigenvalue weighted by molar-refractivity contribution is -0.138. The summed E-state index contributed by atoms with van der Waals surface area (Å²) in [7, 11) is 1.58. The topological polar surface area (TPSA) is 54.4 Å². The Bertz CT molecular complexity index is 1300. The van der Waals surface area contributed by atoms with Gasteiger partial charge in [-0.2, -0.15) is 13.2 Å². The van der Waals surface area contributed by atoms with Crippen molar-refractivity contribution in [2.24, 2.45) is 4.99 Å². The Morgan fingerprint density at radius 1 is 0.943 bits per heavy atom. The molecule has 2 aliphatic heterocycles. The van der Waals surface area contributed by atoms with Crippen molar-refractivity contribution in [1.29, 1.82) is 0 Å². The Morgan fingerprint density at radius 2 is 1.66 bits per heavy atom. The normalized spacial score (nSPS) is 15.4. The van der Waals surface area contributed by atoms with E-state index in [0.29, 0.717) is 41.9 Å². The van der Waals surface area contributed by atoms with E-state index in [4.69, 9.17) is 14.5 Å². The van der Waals surface area contributed by atoms with E-state index in [0.717, 1.165) is 11.6 Å². The van der Waals surface area contributed by atoms with Crippen LogP contribution in [0, 0.1) is 0 Å². The predicted octanol–water partition coefficient (Wildman–Crippen LogP) is 5.36. The number of rotatable bonds is 2. The summed E-state index contributed by atoms with van der Waals surface area (Å²) in [5, 5.41) is 0. The summed E-state index contributed by atoms with van der Waals surface area (Å²) in [5.74, 6) is 1.89. The Hall–Kier alpha value is -4.01. The van der Waals surface area contributed by atoms with E-state index in [1.54, 1.807) is 13.2 Å². The molecule has 0 saturated carbocycles. The quantitative estimate of drug-likeness (QED) is 0.495. The molecular weight excluding hydrogens is 459 g/mol. The molecule has 0 aliphatic carbocycles. The SMILES string of the molecule is COc1ccc2c(c1)Oc1ccccc1N=C2N1CCN(C(=O)c2ccccc2C(F)(F)F)CC1. The van der Waals surface area contributed by atoms with E-state index in [1.165, 1.54) is 23.1 Å². The van der Waals surface area contributed by atoms with E-state index < -0.39 is 17.6 Å². The van der Waals surface area contributed by atoms with Crippen LogP contribution in [-0.2, 0) is 6.18 Å². The van der Waals surface area contributed by atoms with Crippen LogP contribution in [-0.4, -0.2) is 54.8 Å². The first-order valence-electron chi connectivity index (χ1n) is 11.1. The summed E-state index contributed by atoms with van der Waals surface area (Å²) in [6.07, 6.45) is -4.60. The summed E-state index contributed by atoms with van der Waals surface area (Å²) in [4.78, 5) is 21.3. The van der Waals surface area contributed by atoms with Gasteiger partial charge in [0.05, 0.1) is 23.8 Å². The highest BCUT2D eigenvalue weighted by Gasteiger charge is 2.36. The lowest BCUT2D eigenvalue weighted by Gasteiger charge is -2.37. The number of para-hydroxylation sites is 2. The largest absolute Gasteiger partial charge is 0.497 e. The Kier molecular flexibility index (Phi) is 5.84. The first-order chi connectivity index (χ1) is 16.8. The van der Waals surface area contributed by atoms with E-state index in [1.807, 2.05) is 41.3 Å². The van der Waals surface area contributed by atoms with Gasteiger partial charge in [-0.05, 0) is 36.4 Å². The maximum atomic E-state index is 13.4. The molecule has 0 atom stereocenters. The third kappa shape index (κ3) is 4.41. The monoisotopic (exact) mass is 481 g/mol. The third-order valence-electron chi connectivity index (χ3n) is 6.07. The summed E-state index contributed by atoms with van der Waals surface area (Å²) in [5.41, 5.74) is 0.177. The maximum absolute atomic E-state index is 13.4. The fraction of sp³-hybridized carbons (Fsp3) is 0.231. The molecule has 3 aromatic carbocycles. The fourth-order valence-electron chi connectivity index (χ4n) is 4.28. The van der Waals surface area contributed by atoms with E-state index in [9.17, 15) is 18.0 Å². The van der Waals surface area contributed by atoms with E-state index in [-0.39, 0.29) is 18.7 Å². The number of aliphatic imine (C=N–C) groups is 1. The molecule has 0 radical (unpaired) electrons. The number of alkyl halides is 3. The summed E-state index contributed by atoms with van der Waals surface area (Å²) in [6, 6.07) is 17.8. The molecule has 2 aliphatic rings. The van der Waals surface area contributed by atoms with E-state index in [2.05, 4.69) is 0 Å². The molecule has 9 heteroatoms. The summed E-state index contributed by atoms with van der Waals surface area (Å²) in [6.45, 7) is 1.34. The molecule has 0 unspecified atom stereocenters. The van der Waals surface area contributed by atoms with Crippen molar-refractivity contribution in [3.8, 4) is 17.2 Å². The van der Waals surface area contributed by atoms with Crippen molar-refractivity contribution < 1.29 is 27.4 Å². The Balaban J connectivity index is 1.41. The summed E-state index contributed by atoms with van der Waals surface area (Å²) >= 11 is 0. The van der Waals surface area contributed by atoms with Crippen LogP contribution in [0.2, 0.25) is 0 Å². The molecule has 0 bridgehead atoms. The van der Waals surface area contributed by atoms with Gasteiger partial charge in [0.15, 0.2) is 5.75 Å². The van der Waals surface area contributed by atoms with Crippen LogP contribution in [0.4, 0.5) is 18.9 Å². The number of halogens is 3. The maximum Gasteiger partial charge on any atom is 0.417 e. The van der Waals surface area contributed by atoms with Crippen LogP contribution in [0.5, 0.6) is 17.2 Å². The molecule has 0 spiro atoms. The van der Waals surface area contributed by atoms with Gasteiger partial charge in [0.1, 0.15) is 23.0 Å². The smallest absolute Gasteiger partial charge is 0.417 e. The van der Waals surface area contributed by atoms with Gasteiger partial charge >= 0.3 is 6.18 Å². The van der Waals surface area contributed by atoms with Gasteiger partial charge in [-0.15, -0.1) is 0 Å². The Labute approximate surface area is 200 Å². The number of hydrogen-bond acceptors (Lipinski definition) is 5. The summed E-state index contributed by atoms with van der Waals surface area (Å²) < 4.78 is 51.7. The second kappa shape index (κ2) is 8.98. The number of piperazine rings is 1. The number of nitrogens with zero attached hydrogens (tertiary/aromatic N) is 3. The van der Waals surface area contributed by atoms with Crippen LogP contribution >= 0.6 is 0 Å². The molecule has 1 amide bonds. The zero-order valence-electron chi connectivity index (χ0n) is 18.9. The van der Waals surface area contributed by atoms with Crippen LogP contribution in [0.1, 0.15) is 21.5 Å². The molecule has 1 fully saturated rings. The van der Waals surface area contributed by atoms with Gasteiger partial charge in [0.2, 0.25) is 0 Å². The predicted molar refractivity (Wildman–Crippen MR) is 125 cm³/mol. The molecule has 0 N–H and O–H groups in total. The molecule has 1 saturated heterocycles. The van der Waals surface area contributed by atoms with Gasteiger partial charge in [-0.25, -0.2) is 4.99 Å². The molecule has 180 valence electrons. The first kappa shape index (κ1) is 22.8. The van der Waals surface area contributed by atoms with Crippen LogP contribution in [0.25, 0.3) is 0 Å². The number of carbonyl (C=O) groups is 1. The van der Waals surface area contributed by atoms with Gasteiger partial charge in [-0.3, -0.25) is 4.79 Å². The molecule has 5 rings (SSSR count). The van der Waals surface area contributed by atoms with Gasteiger partial charge in [0, 0.05) is 32.2 Å². The average Bonchev–Trinajstić information content (AvgIpc) is 3.04. The van der Waals surface area contributed by atoms with Gasteiger partial charge < -0.3 is 19.3 Å².